The van der Waals surface area contributed by atoms with Crippen molar-refractivity contribution in [1.29, 1.82) is 0 Å². The van der Waals surface area contributed by atoms with Gasteiger partial charge < -0.3 is 4.42 Å². The Kier molecular flexibility index (Phi) is 8.48. The lowest BCUT2D eigenvalue weighted by Gasteiger charge is -2.15. The van der Waals surface area contributed by atoms with E-state index in [2.05, 4.69) is 120 Å². The molecular formula is C58H34N4O. The molecule has 0 bridgehead atoms. The van der Waals surface area contributed by atoms with E-state index >= 15 is 0 Å². The third-order valence-electron chi connectivity index (χ3n) is 12.1. The first kappa shape index (κ1) is 36.2. The van der Waals surface area contributed by atoms with Gasteiger partial charge in [-0.1, -0.05) is 176 Å². The highest BCUT2D eigenvalue weighted by molar-refractivity contribution is 6.31. The molecule has 0 saturated heterocycles. The molecule has 0 unspecified atom stereocenters. The van der Waals surface area contributed by atoms with Gasteiger partial charge in [0.05, 0.1) is 6.57 Å². The second-order valence-corrected chi connectivity index (χ2v) is 15.8. The second kappa shape index (κ2) is 14.8. The van der Waals surface area contributed by atoms with E-state index in [1.54, 1.807) is 0 Å². The van der Waals surface area contributed by atoms with E-state index in [1.165, 1.54) is 0 Å². The molecule has 292 valence electrons. The molecule has 12 aromatic rings. The molecule has 5 heteroatoms. The van der Waals surface area contributed by atoms with E-state index in [0.29, 0.717) is 23.2 Å². The minimum absolute atomic E-state index is 0.622. The van der Waals surface area contributed by atoms with Crippen LogP contribution in [0.25, 0.3) is 127 Å². The summed E-state index contributed by atoms with van der Waals surface area (Å²) in [4.78, 5) is 18.6. The number of aromatic nitrogens is 3. The Morgan fingerprint density at radius 2 is 0.825 bits per heavy atom. The van der Waals surface area contributed by atoms with Crippen LogP contribution < -0.4 is 0 Å². The van der Waals surface area contributed by atoms with E-state index in [4.69, 9.17) is 25.9 Å². The van der Waals surface area contributed by atoms with Gasteiger partial charge in [0.1, 0.15) is 11.2 Å². The van der Waals surface area contributed by atoms with E-state index in [0.717, 1.165) is 104 Å². The fourth-order valence-electron chi connectivity index (χ4n) is 9.12. The highest BCUT2D eigenvalue weighted by Crippen LogP contribution is 2.45. The maximum absolute atomic E-state index is 7.58. The van der Waals surface area contributed by atoms with Gasteiger partial charge in [0.15, 0.2) is 23.2 Å². The van der Waals surface area contributed by atoms with Crippen molar-refractivity contribution in [2.45, 2.75) is 0 Å². The maximum atomic E-state index is 7.58. The van der Waals surface area contributed by atoms with E-state index < -0.39 is 0 Å². The number of rotatable bonds is 6. The highest BCUT2D eigenvalue weighted by Gasteiger charge is 2.19. The van der Waals surface area contributed by atoms with E-state index in [9.17, 15) is 0 Å². The molecular weight excluding hydrogens is 769 g/mol. The molecule has 12 rings (SSSR count). The van der Waals surface area contributed by atoms with Crippen molar-refractivity contribution in [1.82, 2.24) is 15.0 Å². The molecule has 0 amide bonds. The summed E-state index contributed by atoms with van der Waals surface area (Å²) >= 11 is 0. The molecule has 0 spiro atoms. The van der Waals surface area contributed by atoms with Crippen molar-refractivity contribution in [3.8, 4) is 67.5 Å². The minimum Gasteiger partial charge on any atom is -0.455 e. The first-order valence-electron chi connectivity index (χ1n) is 21.0. The van der Waals surface area contributed by atoms with Crippen LogP contribution in [0.5, 0.6) is 0 Å². The zero-order valence-electron chi connectivity index (χ0n) is 33.8. The number of nitrogens with zero attached hydrogens (tertiary/aromatic N) is 4. The molecule has 63 heavy (non-hydrogen) atoms. The summed E-state index contributed by atoms with van der Waals surface area (Å²) in [5.41, 5.74) is 11.7. The standard InChI is InChI=1S/C58H34N4O/c1-59-43-21-13-18-38(33-43)39-26-28-48-49-29-27-41(35-52(49)55-54(51(48)34-39)50-24-10-11-25-53(50)63-55)45-31-30-44(46-22-8-9-23-47(45)46)40-19-12-20-42(32-40)58-61-56(36-14-4-2-5-15-36)60-57(62-58)37-16-6-3-7-17-37/h2-35H. The van der Waals surface area contributed by atoms with Crippen molar-refractivity contribution in [3.63, 3.8) is 0 Å². The molecule has 0 N–H and O–H groups in total. The molecule has 0 atom stereocenters. The molecule has 5 nitrogen and oxygen atoms in total. The zero-order valence-corrected chi connectivity index (χ0v) is 33.8. The van der Waals surface area contributed by atoms with Crippen LogP contribution >= 0.6 is 0 Å². The summed E-state index contributed by atoms with van der Waals surface area (Å²) in [6, 6.07) is 71.3. The lowest BCUT2D eigenvalue weighted by atomic mass is 9.89. The number of benzene rings is 10. The SMILES string of the molecule is [C-]#[N+]c1cccc(-c2ccc3c4ccc(-c5ccc(-c6cccc(-c7nc(-c8ccccc8)nc(-c8ccccc8)n7)c6)c6ccccc56)cc4c4oc5ccccc5c4c3c2)c1. The highest BCUT2D eigenvalue weighted by atomic mass is 16.3. The van der Waals surface area contributed by atoms with Crippen LogP contribution in [-0.2, 0) is 0 Å². The van der Waals surface area contributed by atoms with Gasteiger partial charge in [0, 0.05) is 32.8 Å². The van der Waals surface area contributed by atoms with Crippen molar-refractivity contribution in [3.05, 3.63) is 218 Å². The summed E-state index contributed by atoms with van der Waals surface area (Å²) < 4.78 is 6.77. The first-order chi connectivity index (χ1) is 31.2. The second-order valence-electron chi connectivity index (χ2n) is 15.8. The monoisotopic (exact) mass is 802 g/mol. The first-order valence-corrected chi connectivity index (χ1v) is 21.0. The predicted molar refractivity (Wildman–Crippen MR) is 259 cm³/mol. The van der Waals surface area contributed by atoms with Gasteiger partial charge in [-0.3, -0.25) is 0 Å². The Balaban J connectivity index is 0.996. The average Bonchev–Trinajstić information content (AvgIpc) is 3.77. The van der Waals surface area contributed by atoms with E-state index in [-0.39, 0.29) is 0 Å². The van der Waals surface area contributed by atoms with Gasteiger partial charge in [0.25, 0.3) is 0 Å². The normalized spacial score (nSPS) is 11.5. The van der Waals surface area contributed by atoms with Gasteiger partial charge in [-0.25, -0.2) is 19.8 Å². The number of fused-ring (bicyclic) bond motifs is 9. The number of furan rings is 1. The summed E-state index contributed by atoms with van der Waals surface area (Å²) in [5.74, 6) is 1.89. The quantitative estimate of drug-likeness (QED) is 0.124. The Bertz CT molecular complexity index is 3750. The van der Waals surface area contributed by atoms with Crippen LogP contribution in [0.1, 0.15) is 0 Å². The Morgan fingerprint density at radius 1 is 0.333 bits per heavy atom. The largest absolute Gasteiger partial charge is 0.455 e. The predicted octanol–water partition coefficient (Wildman–Crippen LogP) is 15.8. The zero-order chi connectivity index (χ0) is 41.9. The maximum Gasteiger partial charge on any atom is 0.187 e. The summed E-state index contributed by atoms with van der Waals surface area (Å²) in [6.07, 6.45) is 0. The van der Waals surface area contributed by atoms with Gasteiger partial charge >= 0.3 is 0 Å². The van der Waals surface area contributed by atoms with Gasteiger partial charge in [-0.2, -0.15) is 0 Å². The molecule has 0 saturated carbocycles. The fourth-order valence-corrected chi connectivity index (χ4v) is 9.12. The van der Waals surface area contributed by atoms with Crippen molar-refractivity contribution in [2.75, 3.05) is 0 Å². The molecule has 0 aliphatic carbocycles. The van der Waals surface area contributed by atoms with E-state index in [1.807, 2.05) is 91.0 Å². The Labute approximate surface area is 363 Å². The molecule has 0 aliphatic rings. The Hall–Kier alpha value is -8.72. The van der Waals surface area contributed by atoms with Crippen molar-refractivity contribution < 1.29 is 4.42 Å². The van der Waals surface area contributed by atoms with Gasteiger partial charge in [0.2, 0.25) is 0 Å². The smallest absolute Gasteiger partial charge is 0.187 e. The molecule has 0 aliphatic heterocycles. The molecule has 2 aromatic heterocycles. The molecule has 0 fully saturated rings. The molecule has 10 aromatic carbocycles. The number of hydrogen-bond acceptors (Lipinski definition) is 4. The van der Waals surface area contributed by atoms with Crippen molar-refractivity contribution in [2.24, 2.45) is 0 Å². The van der Waals surface area contributed by atoms with Gasteiger partial charge in [-0.15, -0.1) is 0 Å². The Morgan fingerprint density at radius 3 is 1.51 bits per heavy atom. The minimum atomic E-state index is 0.622. The van der Waals surface area contributed by atoms with Crippen LogP contribution in [0.3, 0.4) is 0 Å². The van der Waals surface area contributed by atoms with Crippen LogP contribution in [0.15, 0.2) is 211 Å². The topological polar surface area (TPSA) is 56.2 Å². The molecule has 0 radical (unpaired) electrons. The van der Waals surface area contributed by atoms with Crippen LogP contribution in [-0.4, -0.2) is 15.0 Å². The number of hydrogen-bond donors (Lipinski definition) is 0. The summed E-state index contributed by atoms with van der Waals surface area (Å²) in [6.45, 7) is 7.58. The van der Waals surface area contributed by atoms with Crippen LogP contribution in [0, 0.1) is 6.57 Å². The van der Waals surface area contributed by atoms with Crippen molar-refractivity contribution >= 4 is 59.9 Å². The fraction of sp³-hybridized carbons (Fsp3) is 0. The molecule has 2 heterocycles. The summed E-state index contributed by atoms with van der Waals surface area (Å²) in [5, 5.41) is 8.97. The number of para-hydroxylation sites is 1. The summed E-state index contributed by atoms with van der Waals surface area (Å²) in [7, 11) is 0. The van der Waals surface area contributed by atoms with Gasteiger partial charge in [-0.05, 0) is 90.6 Å². The average molecular weight is 803 g/mol. The lowest BCUT2D eigenvalue weighted by Crippen LogP contribution is -2.00. The lowest BCUT2D eigenvalue weighted by molar-refractivity contribution is 0.673. The third kappa shape index (κ3) is 6.20. The van der Waals surface area contributed by atoms with Crippen LogP contribution in [0.4, 0.5) is 5.69 Å². The third-order valence-corrected chi connectivity index (χ3v) is 12.1. The van der Waals surface area contributed by atoms with Crippen LogP contribution in [0.2, 0.25) is 0 Å².